The van der Waals surface area contributed by atoms with Crippen LogP contribution in [0.1, 0.15) is 12.7 Å². The van der Waals surface area contributed by atoms with E-state index in [2.05, 4.69) is 22.0 Å². The van der Waals surface area contributed by atoms with Crippen molar-refractivity contribution in [2.75, 3.05) is 13.1 Å². The molecule has 1 N–H and O–H groups in total. The van der Waals surface area contributed by atoms with Gasteiger partial charge in [-0.2, -0.15) is 0 Å². The van der Waals surface area contributed by atoms with Gasteiger partial charge < -0.3 is 9.67 Å². The summed E-state index contributed by atoms with van der Waals surface area (Å²) in [5.74, 6) is 1.31. The summed E-state index contributed by atoms with van der Waals surface area (Å²) in [4.78, 5) is 2.21. The number of rotatable bonds is 2. The quantitative estimate of drug-likeness (QED) is 0.701. The van der Waals surface area contributed by atoms with Crippen molar-refractivity contribution in [1.29, 1.82) is 0 Å². The third-order valence-corrected chi connectivity index (χ3v) is 2.82. The van der Waals surface area contributed by atoms with Crippen molar-refractivity contribution >= 4 is 0 Å². The van der Waals surface area contributed by atoms with Gasteiger partial charge in [0.25, 0.3) is 0 Å². The molecule has 0 aliphatic carbocycles. The molecule has 2 heterocycles. The molecule has 14 heavy (non-hydrogen) atoms. The molecule has 1 aromatic rings. The summed E-state index contributed by atoms with van der Waals surface area (Å²) in [6, 6.07) is 0. The highest BCUT2D eigenvalue weighted by atomic mass is 16.3. The first-order valence-electron chi connectivity index (χ1n) is 4.90. The van der Waals surface area contributed by atoms with Crippen LogP contribution in [-0.4, -0.2) is 44.0 Å². The SMILES string of the molecule is CC1CN(Cc2nncn2C)CC1O. The number of hydrogen-bond donors (Lipinski definition) is 1. The Labute approximate surface area is 83.4 Å². The molecule has 0 amide bonds. The van der Waals surface area contributed by atoms with Crippen LogP contribution in [0.4, 0.5) is 0 Å². The van der Waals surface area contributed by atoms with Crippen LogP contribution in [0.2, 0.25) is 0 Å². The van der Waals surface area contributed by atoms with Gasteiger partial charge >= 0.3 is 0 Å². The number of aromatic nitrogens is 3. The zero-order chi connectivity index (χ0) is 10.1. The zero-order valence-electron chi connectivity index (χ0n) is 8.59. The normalized spacial score (nSPS) is 28.5. The number of aliphatic hydroxyl groups is 1. The summed E-state index contributed by atoms with van der Waals surface area (Å²) >= 11 is 0. The number of nitrogens with zero attached hydrogens (tertiary/aromatic N) is 4. The van der Waals surface area contributed by atoms with Crippen molar-refractivity contribution in [3.63, 3.8) is 0 Å². The van der Waals surface area contributed by atoms with Crippen LogP contribution in [0.25, 0.3) is 0 Å². The average Bonchev–Trinajstić information content (AvgIpc) is 2.63. The van der Waals surface area contributed by atoms with Gasteiger partial charge in [-0.3, -0.25) is 4.90 Å². The van der Waals surface area contributed by atoms with E-state index in [1.54, 1.807) is 6.33 Å². The Bertz CT molecular complexity index is 302. The molecule has 78 valence electrons. The van der Waals surface area contributed by atoms with E-state index < -0.39 is 0 Å². The number of aliphatic hydroxyl groups excluding tert-OH is 1. The first kappa shape index (κ1) is 9.61. The summed E-state index contributed by atoms with van der Waals surface area (Å²) in [5.41, 5.74) is 0. The van der Waals surface area contributed by atoms with Crippen LogP contribution in [0.5, 0.6) is 0 Å². The molecule has 0 spiro atoms. The van der Waals surface area contributed by atoms with Gasteiger partial charge in [0, 0.05) is 20.1 Å². The number of likely N-dealkylation sites (tertiary alicyclic amines) is 1. The van der Waals surface area contributed by atoms with E-state index in [1.165, 1.54) is 0 Å². The van der Waals surface area contributed by atoms with Gasteiger partial charge in [-0.05, 0) is 5.92 Å². The lowest BCUT2D eigenvalue weighted by Gasteiger charge is -2.13. The molecule has 5 nitrogen and oxygen atoms in total. The first-order chi connectivity index (χ1) is 6.66. The molecule has 5 heteroatoms. The third-order valence-electron chi connectivity index (χ3n) is 2.82. The molecule has 2 atom stereocenters. The van der Waals surface area contributed by atoms with Gasteiger partial charge in [0.15, 0.2) is 0 Å². The standard InChI is InChI=1S/C9H16N4O/c1-7-3-13(4-8(7)14)5-9-11-10-6-12(9)2/h6-8,14H,3-5H2,1-2H3. The van der Waals surface area contributed by atoms with Crippen LogP contribution in [0.15, 0.2) is 6.33 Å². The fraction of sp³-hybridized carbons (Fsp3) is 0.778. The largest absolute Gasteiger partial charge is 0.391 e. The van der Waals surface area contributed by atoms with Crippen LogP contribution in [0.3, 0.4) is 0 Å². The Balaban J connectivity index is 1.97. The molecular formula is C9H16N4O. The fourth-order valence-electron chi connectivity index (χ4n) is 1.83. The van der Waals surface area contributed by atoms with Crippen molar-refractivity contribution in [3.8, 4) is 0 Å². The van der Waals surface area contributed by atoms with E-state index in [4.69, 9.17) is 0 Å². The second-order valence-electron chi connectivity index (χ2n) is 4.10. The summed E-state index contributed by atoms with van der Waals surface area (Å²) in [5, 5.41) is 17.4. The third kappa shape index (κ3) is 1.78. The number of aryl methyl sites for hydroxylation is 1. The van der Waals surface area contributed by atoms with Crippen molar-refractivity contribution in [2.24, 2.45) is 13.0 Å². The van der Waals surface area contributed by atoms with E-state index >= 15 is 0 Å². The number of β-amino-alcohol motifs (C(OH)–C–C–N with tert-alkyl or cyclic N) is 1. The second kappa shape index (κ2) is 3.67. The summed E-state index contributed by atoms with van der Waals surface area (Å²) in [6.07, 6.45) is 1.51. The lowest BCUT2D eigenvalue weighted by atomic mass is 10.1. The highest BCUT2D eigenvalue weighted by Crippen LogP contribution is 2.17. The average molecular weight is 196 g/mol. The topological polar surface area (TPSA) is 54.2 Å². The van der Waals surface area contributed by atoms with Gasteiger partial charge in [0.1, 0.15) is 12.2 Å². The Kier molecular flexibility index (Phi) is 2.52. The molecule has 0 aromatic carbocycles. The molecule has 1 aromatic heterocycles. The minimum absolute atomic E-state index is 0.191. The zero-order valence-corrected chi connectivity index (χ0v) is 8.59. The minimum Gasteiger partial charge on any atom is -0.391 e. The highest BCUT2D eigenvalue weighted by molar-refractivity contribution is 4.88. The summed E-state index contributed by atoms with van der Waals surface area (Å²) in [7, 11) is 1.94. The summed E-state index contributed by atoms with van der Waals surface area (Å²) in [6.45, 7) is 4.53. The molecule has 1 aliphatic heterocycles. The molecule has 0 bridgehead atoms. The highest BCUT2D eigenvalue weighted by Gasteiger charge is 2.28. The summed E-state index contributed by atoms with van der Waals surface area (Å²) < 4.78 is 1.91. The van der Waals surface area contributed by atoms with E-state index in [1.807, 2.05) is 11.6 Å². The minimum atomic E-state index is -0.191. The van der Waals surface area contributed by atoms with E-state index in [-0.39, 0.29) is 6.10 Å². The molecule has 1 fully saturated rings. The predicted molar refractivity (Wildman–Crippen MR) is 51.5 cm³/mol. The smallest absolute Gasteiger partial charge is 0.146 e. The van der Waals surface area contributed by atoms with Crippen LogP contribution >= 0.6 is 0 Å². The Morgan fingerprint density at radius 3 is 2.86 bits per heavy atom. The van der Waals surface area contributed by atoms with Gasteiger partial charge in [-0.15, -0.1) is 10.2 Å². The molecule has 2 unspecified atom stereocenters. The van der Waals surface area contributed by atoms with Crippen molar-refractivity contribution in [3.05, 3.63) is 12.2 Å². The lowest BCUT2D eigenvalue weighted by Crippen LogP contribution is -2.23. The van der Waals surface area contributed by atoms with Crippen molar-refractivity contribution < 1.29 is 5.11 Å². The van der Waals surface area contributed by atoms with E-state index in [9.17, 15) is 5.11 Å². The van der Waals surface area contributed by atoms with Crippen molar-refractivity contribution in [1.82, 2.24) is 19.7 Å². The second-order valence-corrected chi connectivity index (χ2v) is 4.10. The molecular weight excluding hydrogens is 180 g/mol. The predicted octanol–water partition coefficient (Wildman–Crippen LogP) is -0.372. The molecule has 0 radical (unpaired) electrons. The first-order valence-corrected chi connectivity index (χ1v) is 4.90. The lowest BCUT2D eigenvalue weighted by molar-refractivity contribution is 0.147. The van der Waals surface area contributed by atoms with Crippen LogP contribution in [-0.2, 0) is 13.6 Å². The van der Waals surface area contributed by atoms with Gasteiger partial charge in [-0.25, -0.2) is 0 Å². The molecule has 0 saturated carbocycles. The van der Waals surface area contributed by atoms with Crippen LogP contribution < -0.4 is 0 Å². The van der Waals surface area contributed by atoms with Crippen molar-refractivity contribution in [2.45, 2.75) is 19.6 Å². The maximum Gasteiger partial charge on any atom is 0.146 e. The van der Waals surface area contributed by atoms with Gasteiger partial charge in [0.05, 0.1) is 12.6 Å². The maximum absolute atomic E-state index is 9.58. The Morgan fingerprint density at radius 2 is 2.36 bits per heavy atom. The van der Waals surface area contributed by atoms with Gasteiger partial charge in [-0.1, -0.05) is 6.92 Å². The molecule has 2 rings (SSSR count). The maximum atomic E-state index is 9.58. The number of hydrogen-bond acceptors (Lipinski definition) is 4. The van der Waals surface area contributed by atoms with E-state index in [0.29, 0.717) is 5.92 Å². The molecule has 1 saturated heterocycles. The van der Waals surface area contributed by atoms with E-state index in [0.717, 1.165) is 25.5 Å². The Morgan fingerprint density at radius 1 is 1.57 bits per heavy atom. The monoisotopic (exact) mass is 196 g/mol. The fourth-order valence-corrected chi connectivity index (χ4v) is 1.83. The van der Waals surface area contributed by atoms with Gasteiger partial charge in [0.2, 0.25) is 0 Å². The Hall–Kier alpha value is -0.940. The molecule has 1 aliphatic rings. The van der Waals surface area contributed by atoms with Crippen LogP contribution in [0, 0.1) is 5.92 Å².